The number of hydrogen-bond acceptors (Lipinski definition) is 5. The van der Waals surface area contributed by atoms with Crippen molar-refractivity contribution in [1.82, 2.24) is 4.98 Å². The summed E-state index contributed by atoms with van der Waals surface area (Å²) in [6, 6.07) is 10.5. The first-order chi connectivity index (χ1) is 14.5. The van der Waals surface area contributed by atoms with Crippen LogP contribution in [0.5, 0.6) is 5.88 Å². The number of nitrogens with zero attached hydrogens (tertiary/aromatic N) is 2. The molecule has 2 aromatic rings. The first-order valence-corrected chi connectivity index (χ1v) is 10.7. The molecule has 0 aliphatic heterocycles. The number of rotatable bonds is 4. The summed E-state index contributed by atoms with van der Waals surface area (Å²) in [5.74, 6) is 2.47. The largest absolute Gasteiger partial charge is 0.494 e. The molecular weight excluding hydrogens is 376 g/mol. The fraction of sp³-hybridized carbons (Fsp3) is 0.458. The van der Waals surface area contributed by atoms with Crippen LogP contribution in [-0.2, 0) is 5.41 Å². The molecule has 0 unspecified atom stereocenters. The third-order valence-electron chi connectivity index (χ3n) is 7.53. The Morgan fingerprint density at radius 1 is 1.17 bits per heavy atom. The average Bonchev–Trinajstić information content (AvgIpc) is 2.70. The minimum atomic E-state index is -0.599. The quantitative estimate of drug-likeness (QED) is 0.527. The lowest BCUT2D eigenvalue weighted by molar-refractivity contribution is -0.00518. The van der Waals surface area contributed by atoms with E-state index < -0.39 is 5.56 Å². The molecule has 1 heterocycles. The van der Waals surface area contributed by atoms with Crippen LogP contribution in [0.15, 0.2) is 34.2 Å². The Kier molecular flexibility index (Phi) is 4.43. The molecule has 3 N–H and O–H groups in total. The summed E-state index contributed by atoms with van der Waals surface area (Å²) < 4.78 is 0. The molecule has 0 radical (unpaired) electrons. The number of H-pyrrole nitrogens is 1. The second kappa shape index (κ2) is 7.02. The SMILES string of the molecule is Cc1c(/C=N\Nc2ccc(C34CC5CC(CC(C5)C3)C4)cc2)c(O)[nH]c(=O)c1C#N. The van der Waals surface area contributed by atoms with Gasteiger partial charge in [-0.3, -0.25) is 15.2 Å². The predicted molar refractivity (Wildman–Crippen MR) is 116 cm³/mol. The summed E-state index contributed by atoms with van der Waals surface area (Å²) >= 11 is 0. The Morgan fingerprint density at radius 2 is 1.77 bits per heavy atom. The number of benzene rings is 1. The number of hydrogen-bond donors (Lipinski definition) is 3. The summed E-state index contributed by atoms with van der Waals surface area (Å²) in [7, 11) is 0. The van der Waals surface area contributed by atoms with E-state index >= 15 is 0 Å². The van der Waals surface area contributed by atoms with Gasteiger partial charge in [0.2, 0.25) is 5.88 Å². The maximum Gasteiger partial charge on any atom is 0.268 e. The molecule has 0 atom stereocenters. The van der Waals surface area contributed by atoms with Crippen LogP contribution in [0.25, 0.3) is 0 Å². The van der Waals surface area contributed by atoms with E-state index in [4.69, 9.17) is 5.26 Å². The third-order valence-corrected chi connectivity index (χ3v) is 7.53. The van der Waals surface area contributed by atoms with E-state index in [1.54, 1.807) is 6.92 Å². The van der Waals surface area contributed by atoms with Gasteiger partial charge in [-0.15, -0.1) is 0 Å². The molecule has 4 aliphatic rings. The summed E-state index contributed by atoms with van der Waals surface area (Å²) in [4.78, 5) is 14.0. The van der Waals surface area contributed by atoms with E-state index in [1.165, 1.54) is 50.3 Å². The van der Waals surface area contributed by atoms with Crippen molar-refractivity contribution in [3.8, 4) is 11.9 Å². The van der Waals surface area contributed by atoms with E-state index in [0.29, 0.717) is 16.5 Å². The topological polar surface area (TPSA) is 101 Å². The van der Waals surface area contributed by atoms with Crippen molar-refractivity contribution < 1.29 is 5.11 Å². The number of aromatic amines is 1. The molecule has 4 bridgehead atoms. The average molecular weight is 402 g/mol. The first kappa shape index (κ1) is 18.9. The standard InChI is InChI=1S/C24H26N4O2/c1-14-20(12-25)22(29)27-23(30)21(14)13-26-28-19-4-2-18(3-5-19)24-9-15-6-16(10-24)8-17(7-15)11-24/h2-5,13,15-17,28H,6-11H2,1H3,(H2,27,29,30)/b26-13-. The highest BCUT2D eigenvalue weighted by Crippen LogP contribution is 2.60. The highest BCUT2D eigenvalue weighted by molar-refractivity contribution is 5.85. The van der Waals surface area contributed by atoms with Crippen LogP contribution in [0.2, 0.25) is 0 Å². The van der Waals surface area contributed by atoms with E-state index in [-0.39, 0.29) is 11.4 Å². The fourth-order valence-corrected chi connectivity index (χ4v) is 6.55. The van der Waals surface area contributed by atoms with Gasteiger partial charge in [0, 0.05) is 0 Å². The molecule has 6 heteroatoms. The van der Waals surface area contributed by atoms with Gasteiger partial charge in [-0.05, 0) is 91.9 Å². The molecule has 4 aliphatic carbocycles. The van der Waals surface area contributed by atoms with Gasteiger partial charge in [-0.1, -0.05) is 12.1 Å². The van der Waals surface area contributed by atoms with Crippen molar-refractivity contribution in [2.75, 3.05) is 5.43 Å². The molecule has 1 aromatic heterocycles. The summed E-state index contributed by atoms with van der Waals surface area (Å²) in [6.07, 6.45) is 9.78. The molecule has 0 spiro atoms. The lowest BCUT2D eigenvalue weighted by atomic mass is 9.48. The van der Waals surface area contributed by atoms with Crippen molar-refractivity contribution in [3.05, 3.63) is 56.9 Å². The Bertz CT molecular complexity index is 1070. The number of aromatic hydroxyl groups is 1. The summed E-state index contributed by atoms with van der Waals surface area (Å²) in [6.45, 7) is 1.62. The van der Waals surface area contributed by atoms with Gasteiger partial charge < -0.3 is 5.11 Å². The molecule has 0 saturated heterocycles. The van der Waals surface area contributed by atoms with Crippen LogP contribution in [0.4, 0.5) is 5.69 Å². The van der Waals surface area contributed by atoms with Crippen molar-refractivity contribution in [2.45, 2.75) is 50.9 Å². The van der Waals surface area contributed by atoms with Gasteiger partial charge in [0.25, 0.3) is 5.56 Å². The van der Waals surface area contributed by atoms with E-state index in [2.05, 4.69) is 39.8 Å². The zero-order valence-electron chi connectivity index (χ0n) is 17.1. The Morgan fingerprint density at radius 3 is 2.33 bits per heavy atom. The maximum absolute atomic E-state index is 11.7. The van der Waals surface area contributed by atoms with Crippen molar-refractivity contribution in [2.24, 2.45) is 22.9 Å². The smallest absolute Gasteiger partial charge is 0.268 e. The number of anilines is 1. The number of aromatic nitrogens is 1. The normalized spacial score (nSPS) is 29.3. The fourth-order valence-electron chi connectivity index (χ4n) is 6.55. The van der Waals surface area contributed by atoms with Gasteiger partial charge >= 0.3 is 0 Å². The van der Waals surface area contributed by atoms with Crippen LogP contribution < -0.4 is 11.0 Å². The number of pyridine rings is 1. The molecule has 4 saturated carbocycles. The number of nitrogens with one attached hydrogen (secondary N) is 2. The van der Waals surface area contributed by atoms with E-state index in [1.807, 2.05) is 6.07 Å². The monoisotopic (exact) mass is 402 g/mol. The number of nitriles is 1. The van der Waals surface area contributed by atoms with Crippen LogP contribution in [0, 0.1) is 36.0 Å². The van der Waals surface area contributed by atoms with Gasteiger partial charge in [0.05, 0.1) is 17.5 Å². The third kappa shape index (κ3) is 3.09. The Hall–Kier alpha value is -3.07. The predicted octanol–water partition coefficient (Wildman–Crippen LogP) is 4.17. The minimum absolute atomic E-state index is 0.0193. The van der Waals surface area contributed by atoms with Crippen LogP contribution >= 0.6 is 0 Å². The number of hydrazone groups is 1. The summed E-state index contributed by atoms with van der Waals surface area (Å²) in [5.41, 5.74) is 5.80. The van der Waals surface area contributed by atoms with Gasteiger partial charge in [0.15, 0.2) is 0 Å². The van der Waals surface area contributed by atoms with Gasteiger partial charge in [-0.25, -0.2) is 0 Å². The van der Waals surface area contributed by atoms with Gasteiger partial charge in [-0.2, -0.15) is 10.4 Å². The molecule has 4 fully saturated rings. The van der Waals surface area contributed by atoms with Crippen molar-refractivity contribution in [1.29, 1.82) is 5.26 Å². The zero-order chi connectivity index (χ0) is 20.9. The van der Waals surface area contributed by atoms with Crippen LogP contribution in [0.3, 0.4) is 0 Å². The highest BCUT2D eigenvalue weighted by atomic mass is 16.3. The molecule has 6 nitrogen and oxygen atoms in total. The molecular formula is C24H26N4O2. The molecule has 154 valence electrons. The highest BCUT2D eigenvalue weighted by Gasteiger charge is 2.51. The second-order valence-corrected chi connectivity index (χ2v) is 9.47. The zero-order valence-corrected chi connectivity index (χ0v) is 17.1. The first-order valence-electron chi connectivity index (χ1n) is 10.7. The van der Waals surface area contributed by atoms with Gasteiger partial charge in [0.1, 0.15) is 11.6 Å². The minimum Gasteiger partial charge on any atom is -0.494 e. The molecule has 30 heavy (non-hydrogen) atoms. The van der Waals surface area contributed by atoms with Crippen molar-refractivity contribution >= 4 is 11.9 Å². The Labute approximate surface area is 175 Å². The molecule has 0 amide bonds. The lowest BCUT2D eigenvalue weighted by Crippen LogP contribution is -2.48. The van der Waals surface area contributed by atoms with E-state index in [0.717, 1.165) is 23.4 Å². The van der Waals surface area contributed by atoms with E-state index in [9.17, 15) is 9.90 Å². The van der Waals surface area contributed by atoms with Crippen molar-refractivity contribution in [3.63, 3.8) is 0 Å². The Balaban J connectivity index is 1.32. The molecule has 6 rings (SSSR count). The lowest BCUT2D eigenvalue weighted by Gasteiger charge is -2.57. The van der Waals surface area contributed by atoms with Crippen LogP contribution in [-0.4, -0.2) is 16.3 Å². The summed E-state index contributed by atoms with van der Waals surface area (Å²) in [5, 5.41) is 23.3. The maximum atomic E-state index is 11.7. The second-order valence-electron chi connectivity index (χ2n) is 9.47. The van der Waals surface area contributed by atoms with Crippen LogP contribution in [0.1, 0.15) is 60.8 Å². The molecule has 1 aromatic carbocycles.